The lowest BCUT2D eigenvalue weighted by atomic mass is 10.1. The topological polar surface area (TPSA) is 78.5 Å². The molecule has 2 heterocycles. The second kappa shape index (κ2) is 7.70. The van der Waals surface area contributed by atoms with E-state index in [9.17, 15) is 9.59 Å². The largest absolute Gasteiger partial charge is 0.378 e. The van der Waals surface area contributed by atoms with Crippen molar-refractivity contribution in [3.63, 3.8) is 0 Å². The van der Waals surface area contributed by atoms with Gasteiger partial charge in [-0.3, -0.25) is 14.7 Å². The first kappa shape index (κ1) is 18.1. The van der Waals surface area contributed by atoms with E-state index in [1.54, 1.807) is 24.0 Å². The van der Waals surface area contributed by atoms with Crippen LogP contribution in [0.3, 0.4) is 0 Å². The zero-order chi connectivity index (χ0) is 18.7. The summed E-state index contributed by atoms with van der Waals surface area (Å²) in [6, 6.07) is 8.94. The number of amides is 2. The summed E-state index contributed by atoms with van der Waals surface area (Å²) in [5.41, 5.74) is 3.29. The Bertz CT molecular complexity index is 802. The summed E-state index contributed by atoms with van der Waals surface area (Å²) >= 11 is 0. The summed E-state index contributed by atoms with van der Waals surface area (Å²) in [5.74, 6) is -0.144. The Kier molecular flexibility index (Phi) is 5.37. The number of methoxy groups -OCH3 is 1. The normalized spacial score (nSPS) is 14.4. The van der Waals surface area contributed by atoms with E-state index < -0.39 is 6.04 Å². The molecular weight excluding hydrogens is 332 g/mol. The molecule has 1 aliphatic heterocycles. The van der Waals surface area contributed by atoms with Crippen LogP contribution in [-0.4, -0.2) is 52.0 Å². The zero-order valence-corrected chi connectivity index (χ0v) is 15.4. The van der Waals surface area contributed by atoms with E-state index in [4.69, 9.17) is 4.74 Å². The van der Waals surface area contributed by atoms with Crippen molar-refractivity contribution < 1.29 is 14.3 Å². The monoisotopic (exact) mass is 356 g/mol. The zero-order valence-electron chi connectivity index (χ0n) is 15.4. The Balaban J connectivity index is 1.69. The Morgan fingerprint density at radius 1 is 1.42 bits per heavy atom. The molecule has 1 atom stereocenters. The second-order valence-electron chi connectivity index (χ2n) is 6.53. The molecule has 138 valence electrons. The van der Waals surface area contributed by atoms with E-state index in [1.165, 1.54) is 0 Å². The molecule has 7 nitrogen and oxygen atoms in total. The third-order valence-electron chi connectivity index (χ3n) is 4.66. The van der Waals surface area contributed by atoms with Crippen LogP contribution in [0.15, 0.2) is 30.3 Å². The Morgan fingerprint density at radius 2 is 2.19 bits per heavy atom. The minimum atomic E-state index is -0.471. The van der Waals surface area contributed by atoms with Crippen LogP contribution < -0.4 is 0 Å². The molecule has 0 fully saturated rings. The molecule has 0 bridgehead atoms. The van der Waals surface area contributed by atoms with Gasteiger partial charge in [-0.25, -0.2) is 0 Å². The highest BCUT2D eigenvalue weighted by Crippen LogP contribution is 2.26. The molecule has 2 aromatic rings. The molecule has 0 saturated carbocycles. The first-order valence-corrected chi connectivity index (χ1v) is 8.71. The van der Waals surface area contributed by atoms with Gasteiger partial charge in [0, 0.05) is 26.3 Å². The number of likely N-dealkylation sites (N-methyl/N-ethyl adjacent to an activating group) is 1. The second-order valence-corrected chi connectivity index (χ2v) is 6.53. The minimum Gasteiger partial charge on any atom is -0.378 e. The van der Waals surface area contributed by atoms with Crippen LogP contribution >= 0.6 is 0 Å². The number of hydrogen-bond donors (Lipinski definition) is 1. The van der Waals surface area contributed by atoms with Crippen molar-refractivity contribution in [1.82, 2.24) is 20.0 Å². The van der Waals surface area contributed by atoms with Gasteiger partial charge in [0.25, 0.3) is 5.91 Å². The molecule has 3 rings (SSSR count). The molecule has 1 N–H and O–H groups in total. The maximum absolute atomic E-state index is 13.0. The molecule has 0 aliphatic carbocycles. The Morgan fingerprint density at radius 3 is 2.88 bits per heavy atom. The van der Waals surface area contributed by atoms with Crippen molar-refractivity contribution in [3.05, 3.63) is 52.8 Å². The summed E-state index contributed by atoms with van der Waals surface area (Å²) in [4.78, 5) is 29.0. The minimum absolute atomic E-state index is 0.0712. The maximum atomic E-state index is 13.0. The number of carbonyl (C=O) groups is 2. The molecule has 1 aromatic heterocycles. The molecule has 1 aromatic carbocycles. The summed E-state index contributed by atoms with van der Waals surface area (Å²) in [6.07, 6.45) is 0.570. The molecule has 1 aliphatic rings. The highest BCUT2D eigenvalue weighted by Gasteiger charge is 2.36. The van der Waals surface area contributed by atoms with Gasteiger partial charge in [-0.15, -0.1) is 0 Å². The van der Waals surface area contributed by atoms with Crippen molar-refractivity contribution in [2.24, 2.45) is 0 Å². The number of aromatic amines is 1. The predicted octanol–water partition coefficient (Wildman–Crippen LogP) is 1.95. The van der Waals surface area contributed by atoms with Gasteiger partial charge in [0.05, 0.1) is 24.5 Å². The molecule has 0 unspecified atom stereocenters. The van der Waals surface area contributed by atoms with Gasteiger partial charge in [0.2, 0.25) is 5.91 Å². The lowest BCUT2D eigenvalue weighted by Crippen LogP contribution is -2.47. The number of hydrogen-bond acceptors (Lipinski definition) is 4. The van der Waals surface area contributed by atoms with Crippen molar-refractivity contribution in [2.75, 3.05) is 14.2 Å². The number of aromatic nitrogens is 2. The fraction of sp³-hybridized carbons (Fsp3) is 0.421. The number of carbonyl (C=O) groups excluding carboxylic acids is 2. The fourth-order valence-electron chi connectivity index (χ4n) is 3.36. The number of nitrogens with one attached hydrogen (secondary N) is 1. The van der Waals surface area contributed by atoms with Crippen LogP contribution in [0.2, 0.25) is 0 Å². The molecule has 2 amide bonds. The van der Waals surface area contributed by atoms with Crippen LogP contribution in [0.5, 0.6) is 0 Å². The number of H-pyrrole nitrogens is 1. The number of rotatable bonds is 7. The molecular formula is C19H24N4O3. The Labute approximate surface area is 152 Å². The summed E-state index contributed by atoms with van der Waals surface area (Å²) in [6.45, 7) is 3.24. The predicted molar refractivity (Wildman–Crippen MR) is 96.2 cm³/mol. The van der Waals surface area contributed by atoms with Gasteiger partial charge >= 0.3 is 0 Å². The molecule has 0 radical (unpaired) electrons. The lowest BCUT2D eigenvalue weighted by molar-refractivity contribution is -0.135. The van der Waals surface area contributed by atoms with Crippen molar-refractivity contribution in [2.45, 2.75) is 39.1 Å². The van der Waals surface area contributed by atoms with Crippen molar-refractivity contribution >= 4 is 11.8 Å². The SMILES string of the molecule is CC[C@H](C(=O)N(C)Cc1cc(COC)n[nH]1)N1Cc2ccccc2C1=O. The summed E-state index contributed by atoms with van der Waals surface area (Å²) < 4.78 is 5.05. The first-order valence-electron chi connectivity index (χ1n) is 8.71. The third-order valence-corrected chi connectivity index (χ3v) is 4.66. The van der Waals surface area contributed by atoms with E-state index in [2.05, 4.69) is 10.2 Å². The average molecular weight is 356 g/mol. The number of ether oxygens (including phenoxy) is 1. The van der Waals surface area contributed by atoms with Crippen LogP contribution in [0, 0.1) is 0 Å². The highest BCUT2D eigenvalue weighted by molar-refractivity contribution is 6.01. The van der Waals surface area contributed by atoms with E-state index in [-0.39, 0.29) is 11.8 Å². The quantitative estimate of drug-likeness (QED) is 0.822. The standard InChI is InChI=1S/C19H24N4O3/c1-4-17(23-10-13-7-5-6-8-16(13)18(23)24)19(25)22(2)11-14-9-15(12-26-3)21-20-14/h5-9,17H,4,10-12H2,1-3H3,(H,20,21)/t17-/m1/s1. The first-order chi connectivity index (χ1) is 12.5. The number of benzene rings is 1. The van der Waals surface area contributed by atoms with Gasteiger partial charge < -0.3 is 14.5 Å². The van der Waals surface area contributed by atoms with Crippen LogP contribution in [-0.2, 0) is 29.2 Å². The van der Waals surface area contributed by atoms with Crippen LogP contribution in [0.1, 0.15) is 40.7 Å². The van der Waals surface area contributed by atoms with E-state index in [0.717, 1.165) is 17.0 Å². The van der Waals surface area contributed by atoms with Gasteiger partial charge in [0.1, 0.15) is 6.04 Å². The van der Waals surface area contributed by atoms with E-state index in [1.807, 2.05) is 37.3 Å². The lowest BCUT2D eigenvalue weighted by Gasteiger charge is -2.29. The Hall–Kier alpha value is -2.67. The van der Waals surface area contributed by atoms with E-state index in [0.29, 0.717) is 31.7 Å². The maximum Gasteiger partial charge on any atom is 0.255 e. The van der Waals surface area contributed by atoms with Gasteiger partial charge in [-0.2, -0.15) is 5.10 Å². The fourth-order valence-corrected chi connectivity index (χ4v) is 3.36. The van der Waals surface area contributed by atoms with Crippen molar-refractivity contribution in [1.29, 1.82) is 0 Å². The van der Waals surface area contributed by atoms with Gasteiger partial charge in [0.15, 0.2) is 0 Å². The smallest absolute Gasteiger partial charge is 0.255 e. The summed E-state index contributed by atoms with van der Waals surface area (Å²) in [5, 5.41) is 7.07. The number of fused-ring (bicyclic) bond motifs is 1. The van der Waals surface area contributed by atoms with Crippen molar-refractivity contribution in [3.8, 4) is 0 Å². The van der Waals surface area contributed by atoms with Crippen LogP contribution in [0.25, 0.3) is 0 Å². The average Bonchev–Trinajstić information content (AvgIpc) is 3.21. The third kappa shape index (κ3) is 3.48. The van der Waals surface area contributed by atoms with Crippen LogP contribution in [0.4, 0.5) is 0 Å². The van der Waals surface area contributed by atoms with Gasteiger partial charge in [-0.05, 0) is 24.1 Å². The summed E-state index contributed by atoms with van der Waals surface area (Å²) in [7, 11) is 3.36. The molecule has 0 saturated heterocycles. The molecule has 26 heavy (non-hydrogen) atoms. The number of nitrogens with zero attached hydrogens (tertiary/aromatic N) is 3. The molecule has 7 heteroatoms. The van der Waals surface area contributed by atoms with E-state index >= 15 is 0 Å². The highest BCUT2D eigenvalue weighted by atomic mass is 16.5. The van der Waals surface area contributed by atoms with Gasteiger partial charge in [-0.1, -0.05) is 25.1 Å². The molecule has 0 spiro atoms.